The third-order valence-electron chi connectivity index (χ3n) is 1.04. The molecular formula is C5H10O3S. The molecule has 1 heterocycles. The average Bonchev–Trinajstić information content (AvgIpc) is 2.10. The van der Waals surface area contributed by atoms with E-state index in [4.69, 9.17) is 4.55 Å². The standard InChI is InChI=1S/C5H10O3S/c1-4(2)3-5-8-9(5,6)7/h4H,3H2,1-2H3,(H,6,7). The molecule has 0 spiro atoms. The molecule has 3 nitrogen and oxygen atoms in total. The van der Waals surface area contributed by atoms with E-state index in [0.717, 1.165) is 0 Å². The van der Waals surface area contributed by atoms with Gasteiger partial charge in [-0.2, -0.15) is 0 Å². The van der Waals surface area contributed by atoms with E-state index in [1.54, 1.807) is 0 Å². The zero-order chi connectivity index (χ0) is 7.07. The summed E-state index contributed by atoms with van der Waals surface area (Å²) < 4.78 is 23.5. The van der Waals surface area contributed by atoms with Crippen LogP contribution < -0.4 is 0 Å². The van der Waals surface area contributed by atoms with Gasteiger partial charge < -0.3 is 0 Å². The van der Waals surface area contributed by atoms with Crippen LogP contribution >= 0.6 is 0 Å². The molecule has 0 bridgehead atoms. The Kier molecular flexibility index (Phi) is 1.54. The summed E-state index contributed by atoms with van der Waals surface area (Å²) in [6, 6.07) is 0. The normalized spacial score (nSPS) is 33.6. The minimum Gasteiger partial charge on any atom is -0.291 e. The highest BCUT2D eigenvalue weighted by Gasteiger charge is 2.31. The van der Waals surface area contributed by atoms with E-state index in [0.29, 0.717) is 17.4 Å². The first-order valence-electron chi connectivity index (χ1n) is 2.84. The van der Waals surface area contributed by atoms with E-state index in [1.807, 2.05) is 13.8 Å². The van der Waals surface area contributed by atoms with Gasteiger partial charge in [-0.15, -0.1) is 0 Å². The molecule has 54 valence electrons. The van der Waals surface area contributed by atoms with Crippen molar-refractivity contribution in [2.45, 2.75) is 20.3 Å². The molecule has 0 saturated heterocycles. The molecule has 0 aromatic carbocycles. The SMILES string of the molecule is CC(C)CC1=S(=O)(O)O1. The van der Waals surface area contributed by atoms with Crippen molar-refractivity contribution in [3.8, 4) is 0 Å². The van der Waals surface area contributed by atoms with Crippen molar-refractivity contribution in [3.05, 3.63) is 0 Å². The van der Waals surface area contributed by atoms with Gasteiger partial charge in [-0.3, -0.25) is 4.55 Å². The Balaban J connectivity index is 2.52. The first kappa shape index (κ1) is 7.05. The van der Waals surface area contributed by atoms with E-state index in [2.05, 4.69) is 4.18 Å². The van der Waals surface area contributed by atoms with Crippen molar-refractivity contribution in [2.24, 2.45) is 5.92 Å². The molecule has 1 aliphatic heterocycles. The van der Waals surface area contributed by atoms with Gasteiger partial charge in [0.15, 0.2) is 5.05 Å². The molecule has 1 atom stereocenters. The Morgan fingerprint density at radius 2 is 2.22 bits per heavy atom. The second-order valence-electron chi connectivity index (χ2n) is 2.53. The molecule has 0 aromatic heterocycles. The fraction of sp³-hybridized carbons (Fsp3) is 0.800. The first-order valence-corrected chi connectivity index (χ1v) is 4.28. The fourth-order valence-electron chi connectivity index (χ4n) is 0.582. The Morgan fingerprint density at radius 3 is 2.33 bits per heavy atom. The topological polar surface area (TPSA) is 49.8 Å². The van der Waals surface area contributed by atoms with Crippen LogP contribution in [0.4, 0.5) is 0 Å². The van der Waals surface area contributed by atoms with Gasteiger partial charge in [-0.1, -0.05) is 13.8 Å². The second kappa shape index (κ2) is 1.97. The number of rotatable bonds is 2. The molecule has 1 aliphatic rings. The van der Waals surface area contributed by atoms with E-state index in [1.165, 1.54) is 0 Å². The monoisotopic (exact) mass is 150 g/mol. The highest BCUT2D eigenvalue weighted by Crippen LogP contribution is 2.18. The van der Waals surface area contributed by atoms with Gasteiger partial charge in [0.05, 0.1) is 0 Å². The summed E-state index contributed by atoms with van der Waals surface area (Å²) in [5.74, 6) is 0.399. The second-order valence-corrected chi connectivity index (χ2v) is 4.10. The molecule has 4 heteroatoms. The van der Waals surface area contributed by atoms with Gasteiger partial charge in [-0.05, 0) is 5.92 Å². The van der Waals surface area contributed by atoms with Crippen molar-refractivity contribution in [1.29, 1.82) is 0 Å². The van der Waals surface area contributed by atoms with E-state index < -0.39 is 10.1 Å². The van der Waals surface area contributed by atoms with Crippen LogP contribution in [0.25, 0.3) is 0 Å². The lowest BCUT2D eigenvalue weighted by molar-refractivity contribution is 0.489. The maximum atomic E-state index is 10.5. The maximum Gasteiger partial charge on any atom is 0.235 e. The summed E-state index contributed by atoms with van der Waals surface area (Å²) in [5, 5.41) is 0.359. The number of hydrogen-bond acceptors (Lipinski definition) is 2. The lowest BCUT2D eigenvalue weighted by atomic mass is 10.1. The van der Waals surface area contributed by atoms with E-state index in [-0.39, 0.29) is 0 Å². The average molecular weight is 150 g/mol. The van der Waals surface area contributed by atoms with Gasteiger partial charge >= 0.3 is 0 Å². The van der Waals surface area contributed by atoms with Crippen molar-refractivity contribution >= 4 is 15.1 Å². The summed E-state index contributed by atoms with van der Waals surface area (Å²) in [4.78, 5) is 0. The minimum absolute atomic E-state index is 0.359. The Morgan fingerprint density at radius 1 is 1.78 bits per heavy atom. The Bertz CT molecular complexity index is 222. The molecular weight excluding hydrogens is 140 g/mol. The van der Waals surface area contributed by atoms with Gasteiger partial charge in [-0.25, -0.2) is 8.39 Å². The largest absolute Gasteiger partial charge is 0.291 e. The molecule has 0 aromatic rings. The highest BCUT2D eigenvalue weighted by molar-refractivity contribution is 7.99. The molecule has 0 amide bonds. The zero-order valence-electron chi connectivity index (χ0n) is 5.46. The van der Waals surface area contributed by atoms with Crippen LogP contribution in [-0.4, -0.2) is 13.8 Å². The van der Waals surface area contributed by atoms with E-state index >= 15 is 0 Å². The van der Waals surface area contributed by atoms with Crippen LogP contribution in [0.3, 0.4) is 0 Å². The lowest BCUT2D eigenvalue weighted by Crippen LogP contribution is -1.91. The quantitative estimate of drug-likeness (QED) is 0.594. The summed E-state index contributed by atoms with van der Waals surface area (Å²) in [5.41, 5.74) is 0. The van der Waals surface area contributed by atoms with Crippen LogP contribution in [0.5, 0.6) is 0 Å². The lowest BCUT2D eigenvalue weighted by Gasteiger charge is -1.92. The molecule has 1 N–H and O–H groups in total. The van der Waals surface area contributed by atoms with Gasteiger partial charge in [0.1, 0.15) is 0 Å². The molecule has 9 heavy (non-hydrogen) atoms. The molecule has 0 fully saturated rings. The third kappa shape index (κ3) is 1.67. The first-order chi connectivity index (χ1) is 4.02. The van der Waals surface area contributed by atoms with Crippen LogP contribution in [0.1, 0.15) is 20.3 Å². The molecule has 0 aliphatic carbocycles. The van der Waals surface area contributed by atoms with Gasteiger partial charge in [0.25, 0.3) is 0 Å². The summed E-state index contributed by atoms with van der Waals surface area (Å²) in [7, 11) is -2.89. The van der Waals surface area contributed by atoms with Crippen molar-refractivity contribution in [3.63, 3.8) is 0 Å². The van der Waals surface area contributed by atoms with Crippen molar-refractivity contribution in [1.82, 2.24) is 0 Å². The van der Waals surface area contributed by atoms with Crippen molar-refractivity contribution < 1.29 is 12.9 Å². The molecule has 1 rings (SSSR count). The summed E-state index contributed by atoms with van der Waals surface area (Å²) in [6.45, 7) is 3.95. The summed E-state index contributed by atoms with van der Waals surface area (Å²) >= 11 is 0. The maximum absolute atomic E-state index is 10.5. The van der Waals surface area contributed by atoms with Crippen molar-refractivity contribution in [2.75, 3.05) is 0 Å². The molecule has 0 saturated carbocycles. The number of hydrogen-bond donors (Lipinski definition) is 1. The zero-order valence-corrected chi connectivity index (χ0v) is 6.27. The highest BCUT2D eigenvalue weighted by atomic mass is 32.3. The van der Waals surface area contributed by atoms with Crippen LogP contribution in [0.15, 0.2) is 0 Å². The smallest absolute Gasteiger partial charge is 0.235 e. The van der Waals surface area contributed by atoms with Gasteiger partial charge in [0.2, 0.25) is 10.1 Å². The third-order valence-corrected chi connectivity index (χ3v) is 2.14. The molecule has 0 radical (unpaired) electrons. The van der Waals surface area contributed by atoms with Crippen LogP contribution in [0.2, 0.25) is 0 Å². The van der Waals surface area contributed by atoms with Crippen LogP contribution in [-0.2, 0) is 14.3 Å². The summed E-state index contributed by atoms with van der Waals surface area (Å²) in [6.07, 6.45) is 0.606. The predicted octanol–water partition coefficient (Wildman–Crippen LogP) is 0.865. The van der Waals surface area contributed by atoms with Crippen LogP contribution in [0, 0.1) is 5.92 Å². The van der Waals surface area contributed by atoms with E-state index in [9.17, 15) is 4.21 Å². The molecule has 1 unspecified atom stereocenters. The van der Waals surface area contributed by atoms with Gasteiger partial charge in [0, 0.05) is 6.42 Å². The predicted molar refractivity (Wildman–Crippen MR) is 36.3 cm³/mol. The Hall–Kier alpha value is -0.0600. The Labute approximate surface area is 55.1 Å². The fourth-order valence-corrected chi connectivity index (χ4v) is 1.59. The minimum atomic E-state index is -2.89.